The molecule has 0 amide bonds. The molecule has 0 spiro atoms. The molecule has 0 bridgehead atoms. The minimum Gasteiger partial charge on any atom is -0.122 e. The van der Waals surface area contributed by atoms with Gasteiger partial charge in [0, 0.05) is 0 Å². The van der Waals surface area contributed by atoms with Crippen LogP contribution in [0.25, 0.3) is 0 Å². The molecule has 0 fully saturated rings. The van der Waals surface area contributed by atoms with Crippen LogP contribution in [0.1, 0.15) is 0 Å². The van der Waals surface area contributed by atoms with Crippen LogP contribution in [-0.2, 0) is 0 Å². The Labute approximate surface area is 111 Å². The Morgan fingerprint density at radius 2 is 1.00 bits per heavy atom. The lowest BCUT2D eigenvalue weighted by molar-refractivity contribution is 1.28. The molecule has 0 nitrogen and oxygen atoms in total. The minimum atomic E-state index is -1.28. The Balaban J connectivity index is 0. The molecular formula is C4H4Cl8. The van der Waals surface area contributed by atoms with Crippen molar-refractivity contribution in [1.82, 2.24) is 0 Å². The summed E-state index contributed by atoms with van der Waals surface area (Å²) in [5.41, 5.74) is 0. The predicted octanol–water partition coefficient (Wildman–Crippen LogP) is 5.19. The molecule has 0 aromatic heterocycles. The van der Waals surface area contributed by atoms with Crippen LogP contribution in [0.4, 0.5) is 0 Å². The van der Waals surface area contributed by atoms with E-state index in [9.17, 15) is 0 Å². The fourth-order valence-electron chi connectivity index (χ4n) is 0. The molecular weight excluding hydrogens is 332 g/mol. The third-order valence-electron chi connectivity index (χ3n) is 0.342. The van der Waals surface area contributed by atoms with Crippen LogP contribution in [0, 0.1) is 0 Å². The number of halogens is 8. The quantitative estimate of drug-likeness (QED) is 0.579. The SMILES string of the molecule is ClC(Cl)C(Cl)Cl.ClCC(Cl)(Cl)Cl. The molecule has 12 heavy (non-hydrogen) atoms. The first-order valence-electron chi connectivity index (χ1n) is 2.39. The van der Waals surface area contributed by atoms with Crippen molar-refractivity contribution in [2.24, 2.45) is 0 Å². The molecule has 0 radical (unpaired) electrons. The minimum absolute atomic E-state index is 0.0394. The summed E-state index contributed by atoms with van der Waals surface area (Å²) in [4.78, 5) is -1.35. The van der Waals surface area contributed by atoms with Crippen LogP contribution in [0.5, 0.6) is 0 Å². The zero-order valence-corrected chi connectivity index (χ0v) is 11.4. The molecule has 0 saturated carbocycles. The van der Waals surface area contributed by atoms with E-state index in [4.69, 9.17) is 92.8 Å². The van der Waals surface area contributed by atoms with E-state index in [1.807, 2.05) is 0 Å². The first-order valence-corrected chi connectivity index (χ1v) is 5.81. The van der Waals surface area contributed by atoms with Gasteiger partial charge < -0.3 is 0 Å². The third-order valence-corrected chi connectivity index (χ3v) is 3.08. The summed E-state index contributed by atoms with van der Waals surface area (Å²) in [5.74, 6) is 0.0394. The van der Waals surface area contributed by atoms with E-state index >= 15 is 0 Å². The molecule has 0 aromatic carbocycles. The van der Waals surface area contributed by atoms with E-state index in [0.29, 0.717) is 0 Å². The molecule has 0 unspecified atom stereocenters. The van der Waals surface area contributed by atoms with Gasteiger partial charge in [0.05, 0.1) is 5.88 Å². The van der Waals surface area contributed by atoms with E-state index in [1.165, 1.54) is 0 Å². The van der Waals surface area contributed by atoms with Gasteiger partial charge in [-0.3, -0.25) is 0 Å². The van der Waals surface area contributed by atoms with Crippen LogP contribution in [0.2, 0.25) is 0 Å². The Bertz CT molecular complexity index is 87.7. The maximum Gasteiger partial charge on any atom is 0.203 e. The van der Waals surface area contributed by atoms with Gasteiger partial charge in [-0.2, -0.15) is 0 Å². The number of hydrogen-bond donors (Lipinski definition) is 0. The van der Waals surface area contributed by atoms with Crippen molar-refractivity contribution in [3.8, 4) is 0 Å². The first-order chi connectivity index (χ1) is 5.20. The highest BCUT2D eigenvalue weighted by Crippen LogP contribution is 2.26. The lowest BCUT2D eigenvalue weighted by Crippen LogP contribution is -2.01. The van der Waals surface area contributed by atoms with E-state index in [2.05, 4.69) is 0 Å². The highest BCUT2D eigenvalue weighted by Gasteiger charge is 2.16. The van der Waals surface area contributed by atoms with E-state index < -0.39 is 13.5 Å². The molecule has 0 N–H and O–H groups in total. The normalized spacial score (nSPS) is 11.5. The van der Waals surface area contributed by atoms with Gasteiger partial charge in [-0.15, -0.1) is 58.0 Å². The van der Waals surface area contributed by atoms with Crippen molar-refractivity contribution in [2.45, 2.75) is 13.5 Å². The highest BCUT2D eigenvalue weighted by molar-refractivity contribution is 6.69. The molecule has 0 aromatic rings. The molecule has 8 heteroatoms. The van der Waals surface area contributed by atoms with Crippen LogP contribution >= 0.6 is 92.8 Å². The summed E-state index contributed by atoms with van der Waals surface area (Å²) in [6.45, 7) is 0. The van der Waals surface area contributed by atoms with Gasteiger partial charge >= 0.3 is 0 Å². The molecule has 0 aliphatic carbocycles. The van der Waals surface area contributed by atoms with Gasteiger partial charge in [0.25, 0.3) is 0 Å². The second kappa shape index (κ2) is 8.61. The van der Waals surface area contributed by atoms with Crippen LogP contribution in [0.15, 0.2) is 0 Å². The summed E-state index contributed by atoms with van der Waals surface area (Å²) in [6.07, 6.45) is 0. The molecule has 0 heterocycles. The largest absolute Gasteiger partial charge is 0.203 e. The van der Waals surface area contributed by atoms with Gasteiger partial charge in [0.2, 0.25) is 3.79 Å². The lowest BCUT2D eigenvalue weighted by Gasteiger charge is -2.00. The van der Waals surface area contributed by atoms with Crippen molar-refractivity contribution in [3.63, 3.8) is 0 Å². The maximum atomic E-state index is 5.12. The fraction of sp³-hybridized carbons (Fsp3) is 1.00. The topological polar surface area (TPSA) is 0 Å². The van der Waals surface area contributed by atoms with Crippen molar-refractivity contribution >= 4 is 92.8 Å². The Morgan fingerprint density at radius 1 is 0.833 bits per heavy atom. The standard InChI is InChI=1S/2C2H2Cl4/c3-1-2(4,5)6;3-1(4)2(5)6/h1H2;1-2H. The Kier molecular flexibility index (Phi) is 12.0. The zero-order valence-electron chi connectivity index (χ0n) is 5.39. The second-order valence-corrected chi connectivity index (χ2v) is 6.53. The average molecular weight is 336 g/mol. The van der Waals surface area contributed by atoms with Crippen molar-refractivity contribution in [1.29, 1.82) is 0 Å². The summed E-state index contributed by atoms with van der Waals surface area (Å²) in [5, 5.41) is 0. The van der Waals surface area contributed by atoms with Gasteiger partial charge in [-0.05, 0) is 0 Å². The molecule has 0 atom stereocenters. The molecule has 76 valence electrons. The summed E-state index contributed by atoms with van der Waals surface area (Å²) in [7, 11) is 0. The Hall–Kier alpha value is 2.32. The lowest BCUT2D eigenvalue weighted by atomic mass is 10.9. The van der Waals surface area contributed by atoms with E-state index in [-0.39, 0.29) is 5.88 Å². The van der Waals surface area contributed by atoms with Crippen LogP contribution < -0.4 is 0 Å². The number of hydrogen-bond acceptors (Lipinski definition) is 0. The van der Waals surface area contributed by atoms with Gasteiger partial charge in [0.1, 0.15) is 9.67 Å². The molecule has 0 rings (SSSR count). The van der Waals surface area contributed by atoms with E-state index in [1.54, 1.807) is 0 Å². The first kappa shape index (κ1) is 16.7. The smallest absolute Gasteiger partial charge is 0.122 e. The van der Waals surface area contributed by atoms with Crippen molar-refractivity contribution < 1.29 is 0 Å². The second-order valence-electron chi connectivity index (χ2n) is 1.42. The molecule has 0 aliphatic heterocycles. The third kappa shape index (κ3) is 18.2. The van der Waals surface area contributed by atoms with Gasteiger partial charge in [-0.25, -0.2) is 0 Å². The van der Waals surface area contributed by atoms with Crippen LogP contribution in [-0.4, -0.2) is 19.3 Å². The average Bonchev–Trinajstić information content (AvgIpc) is 1.87. The van der Waals surface area contributed by atoms with E-state index in [0.717, 1.165) is 0 Å². The summed E-state index contributed by atoms with van der Waals surface area (Å²) >= 11 is 40.9. The van der Waals surface area contributed by atoms with Crippen molar-refractivity contribution in [2.75, 3.05) is 5.88 Å². The van der Waals surface area contributed by atoms with Gasteiger partial charge in [0.15, 0.2) is 0 Å². The fourth-order valence-corrected chi connectivity index (χ4v) is 0. The highest BCUT2D eigenvalue weighted by atomic mass is 35.6. The van der Waals surface area contributed by atoms with Crippen LogP contribution in [0.3, 0.4) is 0 Å². The summed E-state index contributed by atoms with van der Waals surface area (Å²) in [6, 6.07) is 0. The zero-order chi connectivity index (χ0) is 10.4. The number of rotatable bonds is 1. The number of alkyl halides is 8. The summed E-state index contributed by atoms with van der Waals surface area (Å²) < 4.78 is -1.28. The predicted molar refractivity (Wildman–Crippen MR) is 62.0 cm³/mol. The molecule has 0 aliphatic rings. The molecule has 0 saturated heterocycles. The monoisotopic (exact) mass is 332 g/mol. The van der Waals surface area contributed by atoms with Gasteiger partial charge in [-0.1, -0.05) is 34.8 Å². The maximum absolute atomic E-state index is 5.12. The Morgan fingerprint density at radius 3 is 1.00 bits per heavy atom. The van der Waals surface area contributed by atoms with Crippen molar-refractivity contribution in [3.05, 3.63) is 0 Å².